The lowest BCUT2D eigenvalue weighted by Crippen LogP contribution is -2.14. The number of hydrogen-bond donors (Lipinski definition) is 2. The van der Waals surface area contributed by atoms with E-state index < -0.39 is 17.8 Å². The van der Waals surface area contributed by atoms with Crippen molar-refractivity contribution in [2.24, 2.45) is 0 Å². The van der Waals surface area contributed by atoms with Crippen molar-refractivity contribution in [3.05, 3.63) is 64.7 Å². The first-order valence-corrected chi connectivity index (χ1v) is 9.81. The molecular formula is C21H19N3O6S. The van der Waals surface area contributed by atoms with E-state index in [0.29, 0.717) is 28.3 Å². The topological polar surface area (TPSA) is 116 Å². The number of rotatable bonds is 7. The first kappa shape index (κ1) is 21.8. The van der Waals surface area contributed by atoms with Crippen LogP contribution >= 0.6 is 11.3 Å². The summed E-state index contributed by atoms with van der Waals surface area (Å²) in [4.78, 5) is 40.6. The maximum atomic E-state index is 12.5. The number of anilines is 2. The lowest BCUT2D eigenvalue weighted by Gasteiger charge is -2.08. The van der Waals surface area contributed by atoms with E-state index in [4.69, 9.17) is 9.47 Å². The maximum absolute atomic E-state index is 12.5. The van der Waals surface area contributed by atoms with Crippen LogP contribution < -0.4 is 20.1 Å². The van der Waals surface area contributed by atoms with Crippen LogP contribution in [-0.4, -0.2) is 44.1 Å². The summed E-state index contributed by atoms with van der Waals surface area (Å²) in [6, 6.07) is 11.0. The van der Waals surface area contributed by atoms with Gasteiger partial charge in [0.15, 0.2) is 5.13 Å². The Morgan fingerprint density at radius 3 is 2.06 bits per heavy atom. The highest BCUT2D eigenvalue weighted by Crippen LogP contribution is 2.24. The SMILES string of the molecule is COC(=O)c1ccc(NC(=O)c2csc(NC(=O)c3cc(OC)cc(OC)c3)n2)cc1. The fourth-order valence-corrected chi connectivity index (χ4v) is 3.23. The summed E-state index contributed by atoms with van der Waals surface area (Å²) in [6.07, 6.45) is 0. The molecule has 2 amide bonds. The van der Waals surface area contributed by atoms with Gasteiger partial charge in [-0.25, -0.2) is 9.78 Å². The number of ether oxygens (including phenoxy) is 3. The highest BCUT2D eigenvalue weighted by Gasteiger charge is 2.15. The molecule has 0 fully saturated rings. The Hall–Kier alpha value is -3.92. The number of amides is 2. The number of hydrogen-bond acceptors (Lipinski definition) is 8. The molecule has 2 aromatic carbocycles. The van der Waals surface area contributed by atoms with E-state index in [1.165, 1.54) is 38.8 Å². The van der Waals surface area contributed by atoms with Crippen LogP contribution in [0.2, 0.25) is 0 Å². The molecule has 31 heavy (non-hydrogen) atoms. The molecule has 0 bridgehead atoms. The Morgan fingerprint density at radius 2 is 1.48 bits per heavy atom. The summed E-state index contributed by atoms with van der Waals surface area (Å²) in [5, 5.41) is 7.12. The largest absolute Gasteiger partial charge is 0.497 e. The zero-order valence-corrected chi connectivity index (χ0v) is 17.7. The van der Waals surface area contributed by atoms with E-state index in [0.717, 1.165) is 11.3 Å². The van der Waals surface area contributed by atoms with Crippen LogP contribution in [0.15, 0.2) is 47.8 Å². The monoisotopic (exact) mass is 441 g/mol. The molecule has 0 radical (unpaired) electrons. The Balaban J connectivity index is 1.66. The molecule has 9 nitrogen and oxygen atoms in total. The van der Waals surface area contributed by atoms with Gasteiger partial charge in [-0.2, -0.15) is 0 Å². The minimum Gasteiger partial charge on any atom is -0.497 e. The van der Waals surface area contributed by atoms with E-state index in [-0.39, 0.29) is 10.8 Å². The number of esters is 1. The summed E-state index contributed by atoms with van der Waals surface area (Å²) < 4.78 is 15.0. The molecule has 0 aliphatic rings. The second-order valence-corrected chi connectivity index (χ2v) is 6.97. The molecule has 0 spiro atoms. The van der Waals surface area contributed by atoms with Crippen LogP contribution in [0.25, 0.3) is 0 Å². The number of carbonyl (C=O) groups excluding carboxylic acids is 3. The van der Waals surface area contributed by atoms with Crippen molar-refractivity contribution in [2.75, 3.05) is 32.0 Å². The van der Waals surface area contributed by atoms with Gasteiger partial charge in [-0.05, 0) is 36.4 Å². The Labute approximate surface area is 182 Å². The summed E-state index contributed by atoms with van der Waals surface area (Å²) in [6.45, 7) is 0. The first-order valence-electron chi connectivity index (χ1n) is 8.93. The average Bonchev–Trinajstić information content (AvgIpc) is 3.27. The Morgan fingerprint density at radius 1 is 0.839 bits per heavy atom. The van der Waals surface area contributed by atoms with E-state index in [1.807, 2.05) is 0 Å². The third-order valence-electron chi connectivity index (χ3n) is 4.13. The summed E-state index contributed by atoms with van der Waals surface area (Å²) in [7, 11) is 4.28. The van der Waals surface area contributed by atoms with Gasteiger partial charge in [0.2, 0.25) is 0 Å². The molecule has 1 aromatic heterocycles. The third kappa shape index (κ3) is 5.37. The standard InChI is InChI=1S/C21H19N3O6S/c1-28-15-8-13(9-16(10-15)29-2)18(25)24-21-23-17(11-31-21)19(26)22-14-6-4-12(5-7-14)20(27)30-3/h4-11H,1-3H3,(H,22,26)(H,23,24,25). The van der Waals surface area contributed by atoms with E-state index in [9.17, 15) is 14.4 Å². The Kier molecular flexibility index (Phi) is 6.83. The van der Waals surface area contributed by atoms with Gasteiger partial charge in [0.25, 0.3) is 11.8 Å². The smallest absolute Gasteiger partial charge is 0.337 e. The van der Waals surface area contributed by atoms with Crippen LogP contribution in [0.3, 0.4) is 0 Å². The fourth-order valence-electron chi connectivity index (χ4n) is 2.55. The van der Waals surface area contributed by atoms with Crippen molar-refractivity contribution >= 4 is 39.9 Å². The van der Waals surface area contributed by atoms with Gasteiger partial charge in [-0.1, -0.05) is 0 Å². The van der Waals surface area contributed by atoms with Crippen molar-refractivity contribution in [3.8, 4) is 11.5 Å². The molecule has 3 rings (SSSR count). The van der Waals surface area contributed by atoms with Crippen molar-refractivity contribution in [1.82, 2.24) is 4.98 Å². The Bertz CT molecular complexity index is 1090. The summed E-state index contributed by atoms with van der Waals surface area (Å²) in [5.41, 5.74) is 1.32. The number of aromatic nitrogens is 1. The van der Waals surface area contributed by atoms with Gasteiger partial charge in [0, 0.05) is 22.7 Å². The highest BCUT2D eigenvalue weighted by atomic mass is 32.1. The van der Waals surface area contributed by atoms with Crippen LogP contribution in [0.1, 0.15) is 31.2 Å². The zero-order valence-electron chi connectivity index (χ0n) is 16.9. The number of thiazole rings is 1. The predicted octanol–water partition coefficient (Wildman–Crippen LogP) is 3.45. The second kappa shape index (κ2) is 9.72. The third-order valence-corrected chi connectivity index (χ3v) is 4.89. The lowest BCUT2D eigenvalue weighted by molar-refractivity contribution is 0.0600. The second-order valence-electron chi connectivity index (χ2n) is 6.12. The van der Waals surface area contributed by atoms with E-state index in [2.05, 4.69) is 20.4 Å². The molecule has 2 N–H and O–H groups in total. The molecule has 0 unspecified atom stereocenters. The van der Waals surface area contributed by atoms with Crippen molar-refractivity contribution in [1.29, 1.82) is 0 Å². The van der Waals surface area contributed by atoms with Gasteiger partial charge in [-0.3, -0.25) is 14.9 Å². The maximum Gasteiger partial charge on any atom is 0.337 e. The van der Waals surface area contributed by atoms with Crippen molar-refractivity contribution < 1.29 is 28.6 Å². The molecule has 0 aliphatic carbocycles. The van der Waals surface area contributed by atoms with Gasteiger partial charge < -0.3 is 19.5 Å². The molecule has 0 atom stereocenters. The molecule has 0 saturated heterocycles. The first-order chi connectivity index (χ1) is 14.9. The quantitative estimate of drug-likeness (QED) is 0.540. The van der Waals surface area contributed by atoms with Crippen LogP contribution in [0.5, 0.6) is 11.5 Å². The number of nitrogens with one attached hydrogen (secondary N) is 2. The normalized spacial score (nSPS) is 10.2. The lowest BCUT2D eigenvalue weighted by atomic mass is 10.2. The zero-order chi connectivity index (χ0) is 22.4. The van der Waals surface area contributed by atoms with E-state index in [1.54, 1.807) is 30.3 Å². The van der Waals surface area contributed by atoms with Gasteiger partial charge in [0.1, 0.15) is 17.2 Å². The molecule has 0 saturated carbocycles. The van der Waals surface area contributed by atoms with Crippen LogP contribution in [0.4, 0.5) is 10.8 Å². The van der Waals surface area contributed by atoms with Gasteiger partial charge in [0.05, 0.1) is 26.9 Å². The molecule has 3 aromatic rings. The minimum absolute atomic E-state index is 0.139. The predicted molar refractivity (Wildman–Crippen MR) is 115 cm³/mol. The van der Waals surface area contributed by atoms with E-state index >= 15 is 0 Å². The minimum atomic E-state index is -0.466. The van der Waals surface area contributed by atoms with Gasteiger partial charge >= 0.3 is 5.97 Å². The molecule has 0 aliphatic heterocycles. The number of benzene rings is 2. The highest BCUT2D eigenvalue weighted by molar-refractivity contribution is 7.14. The average molecular weight is 441 g/mol. The molecular weight excluding hydrogens is 422 g/mol. The molecule has 160 valence electrons. The van der Waals surface area contributed by atoms with Crippen LogP contribution in [-0.2, 0) is 4.74 Å². The van der Waals surface area contributed by atoms with Crippen molar-refractivity contribution in [2.45, 2.75) is 0 Å². The summed E-state index contributed by atoms with van der Waals surface area (Å²) >= 11 is 1.11. The number of nitrogens with zero attached hydrogens (tertiary/aromatic N) is 1. The molecule has 1 heterocycles. The van der Waals surface area contributed by atoms with Gasteiger partial charge in [-0.15, -0.1) is 11.3 Å². The molecule has 10 heteroatoms. The summed E-state index contributed by atoms with van der Waals surface area (Å²) in [5.74, 6) is -0.391. The van der Waals surface area contributed by atoms with Crippen LogP contribution in [0, 0.1) is 0 Å². The number of carbonyl (C=O) groups is 3. The fraction of sp³-hybridized carbons (Fsp3) is 0.143. The number of methoxy groups -OCH3 is 3. The van der Waals surface area contributed by atoms with Crippen molar-refractivity contribution in [3.63, 3.8) is 0 Å².